The molecule has 2 heterocycles. The zero-order chi connectivity index (χ0) is 22.2. The second-order valence-corrected chi connectivity index (χ2v) is 10.8. The van der Waals surface area contributed by atoms with Crippen LogP contribution >= 0.6 is 39.4 Å². The number of aliphatic hydroxyl groups excluding tert-OH is 1. The van der Waals surface area contributed by atoms with Gasteiger partial charge in [0.2, 0.25) is 0 Å². The molecule has 1 aromatic rings. The van der Waals surface area contributed by atoms with Crippen LogP contribution in [0.4, 0.5) is 5.82 Å². The van der Waals surface area contributed by atoms with Gasteiger partial charge in [-0.3, -0.25) is 9.09 Å². The van der Waals surface area contributed by atoms with Crippen molar-refractivity contribution in [2.24, 2.45) is 0 Å². The van der Waals surface area contributed by atoms with Gasteiger partial charge in [-0.2, -0.15) is 13.6 Å². The van der Waals surface area contributed by atoms with E-state index < -0.39 is 54.2 Å². The normalized spacial score (nSPS) is 26.8. The average Bonchev–Trinajstić information content (AvgIpc) is 2.86. The summed E-state index contributed by atoms with van der Waals surface area (Å²) < 4.78 is 51.6. The first-order valence-corrected chi connectivity index (χ1v) is 12.6. The Bertz CT molecular complexity index is 965. The van der Waals surface area contributed by atoms with Crippen LogP contribution < -0.4 is 11.4 Å². The van der Waals surface area contributed by atoms with Gasteiger partial charge in [0, 0.05) is 12.6 Å². The van der Waals surface area contributed by atoms with Crippen LogP contribution in [0.3, 0.4) is 0 Å². The number of rotatable bonds is 8. The maximum absolute atomic E-state index is 11.9. The van der Waals surface area contributed by atoms with Crippen LogP contribution in [-0.4, -0.2) is 53.0 Å². The molecule has 1 aromatic heterocycles. The Balaban J connectivity index is 2.02. The van der Waals surface area contributed by atoms with Crippen molar-refractivity contribution in [1.82, 2.24) is 9.55 Å². The van der Waals surface area contributed by atoms with Gasteiger partial charge in [-0.25, -0.2) is 18.5 Å². The molecule has 1 fully saturated rings. The highest BCUT2D eigenvalue weighted by atomic mass is 79.9. The molecule has 20 heteroatoms. The standard InChI is InChI=1S/C9H15BrN3O13P3/c10-4-2-13(9(15)12-8(4)11)7-1-5(14)6(24-7)3-23-28(19,20)26-29(21,22)25-27(16,17)18/h2,5-7,14H,1,3H2,(H,19,20)(H,21,22)(H2,11,12,15)(H2,16,17,18)/t5?,6?,7-/m1/s1. The molecular formula is C9H15BrN3O13P3. The fraction of sp³-hybridized carbons (Fsp3) is 0.556. The Hall–Kier alpha value is -0.510. The molecule has 5 atom stereocenters. The first-order valence-electron chi connectivity index (χ1n) is 7.24. The number of aliphatic hydroxyl groups is 1. The maximum atomic E-state index is 11.9. The highest BCUT2D eigenvalue weighted by Crippen LogP contribution is 2.66. The lowest BCUT2D eigenvalue weighted by molar-refractivity contribution is -0.0450. The summed E-state index contributed by atoms with van der Waals surface area (Å²) in [6.07, 6.45) is -2.52. The van der Waals surface area contributed by atoms with Crippen LogP contribution in [0.5, 0.6) is 0 Å². The number of phosphoric acid groups is 3. The third kappa shape index (κ3) is 7.29. The molecule has 166 valence electrons. The first kappa shape index (κ1) is 24.8. The topological polar surface area (TPSA) is 250 Å². The van der Waals surface area contributed by atoms with Gasteiger partial charge in [-0.1, -0.05) is 0 Å². The molecule has 1 aliphatic heterocycles. The van der Waals surface area contributed by atoms with Crippen LogP contribution in [0.2, 0.25) is 0 Å². The lowest BCUT2D eigenvalue weighted by Crippen LogP contribution is -2.28. The summed E-state index contributed by atoms with van der Waals surface area (Å²) in [7, 11) is -16.6. The summed E-state index contributed by atoms with van der Waals surface area (Å²) in [5, 5.41) is 10.00. The molecular weight excluding hydrogens is 531 g/mol. The SMILES string of the molecule is Nc1nc(=O)n([C@H]2CC(O)C(COP(=O)(O)OP(=O)(O)OP(=O)(O)O)O2)cc1Br. The van der Waals surface area contributed by atoms with E-state index in [1.54, 1.807) is 0 Å². The Morgan fingerprint density at radius 2 is 1.86 bits per heavy atom. The minimum Gasteiger partial charge on any atom is -0.390 e. The molecule has 0 bridgehead atoms. The summed E-state index contributed by atoms with van der Waals surface area (Å²) in [6.45, 7) is -0.861. The van der Waals surface area contributed by atoms with E-state index in [2.05, 4.69) is 34.1 Å². The van der Waals surface area contributed by atoms with E-state index in [4.69, 9.17) is 25.2 Å². The van der Waals surface area contributed by atoms with Crippen LogP contribution in [0.15, 0.2) is 15.5 Å². The largest absolute Gasteiger partial charge is 0.490 e. The molecule has 29 heavy (non-hydrogen) atoms. The minimum absolute atomic E-state index is 0.0750. The van der Waals surface area contributed by atoms with Gasteiger partial charge in [0.05, 0.1) is 17.2 Å². The van der Waals surface area contributed by atoms with Crippen LogP contribution in [-0.2, 0) is 31.6 Å². The van der Waals surface area contributed by atoms with Crippen molar-refractivity contribution in [2.45, 2.75) is 24.9 Å². The van der Waals surface area contributed by atoms with Gasteiger partial charge in [0.1, 0.15) is 18.1 Å². The third-order valence-electron chi connectivity index (χ3n) is 3.27. The predicted octanol–water partition coefficient (Wildman–Crippen LogP) is -0.420. The molecule has 0 amide bonds. The summed E-state index contributed by atoms with van der Waals surface area (Å²) >= 11 is 3.07. The highest BCUT2D eigenvalue weighted by Gasteiger charge is 2.43. The molecule has 16 nitrogen and oxygen atoms in total. The summed E-state index contributed by atoms with van der Waals surface area (Å²) in [6, 6.07) is 0. The predicted molar refractivity (Wildman–Crippen MR) is 95.0 cm³/mol. The lowest BCUT2D eigenvalue weighted by Gasteiger charge is -2.19. The minimum atomic E-state index is -5.66. The number of hydrogen-bond acceptors (Lipinski definition) is 11. The third-order valence-corrected chi connectivity index (χ3v) is 7.68. The van der Waals surface area contributed by atoms with Gasteiger partial charge in [0.25, 0.3) is 0 Å². The zero-order valence-corrected chi connectivity index (χ0v) is 18.2. The Morgan fingerprint density at radius 1 is 1.24 bits per heavy atom. The van der Waals surface area contributed by atoms with Crippen molar-refractivity contribution in [3.63, 3.8) is 0 Å². The fourth-order valence-corrected chi connectivity index (χ4v) is 5.51. The van der Waals surface area contributed by atoms with Crippen LogP contribution in [0, 0.1) is 0 Å². The van der Waals surface area contributed by atoms with Gasteiger partial charge in [-0.05, 0) is 15.9 Å². The molecule has 0 aliphatic carbocycles. The van der Waals surface area contributed by atoms with Crippen molar-refractivity contribution in [1.29, 1.82) is 0 Å². The number of phosphoric ester groups is 1. The van der Waals surface area contributed by atoms with E-state index in [0.717, 1.165) is 4.57 Å². The van der Waals surface area contributed by atoms with E-state index >= 15 is 0 Å². The number of anilines is 1. The molecule has 0 radical (unpaired) electrons. The Morgan fingerprint density at radius 3 is 2.45 bits per heavy atom. The van der Waals surface area contributed by atoms with Crippen LogP contribution in [0.1, 0.15) is 12.6 Å². The molecule has 7 N–H and O–H groups in total. The van der Waals surface area contributed by atoms with E-state index in [0.29, 0.717) is 0 Å². The first-order chi connectivity index (χ1) is 13.1. The smallest absolute Gasteiger partial charge is 0.390 e. The maximum Gasteiger partial charge on any atom is 0.490 e. The Kier molecular flexibility index (Phi) is 7.62. The lowest BCUT2D eigenvalue weighted by atomic mass is 10.2. The quantitative estimate of drug-likeness (QED) is 0.227. The number of nitrogen functional groups attached to an aromatic ring is 1. The summed E-state index contributed by atoms with van der Waals surface area (Å²) in [5.74, 6) is -0.0750. The number of nitrogens with zero attached hydrogens (tertiary/aromatic N) is 2. The number of halogens is 1. The van der Waals surface area contributed by atoms with Crippen molar-refractivity contribution < 1.29 is 56.3 Å². The van der Waals surface area contributed by atoms with Crippen molar-refractivity contribution in [2.75, 3.05) is 12.3 Å². The molecule has 0 aromatic carbocycles. The van der Waals surface area contributed by atoms with Crippen LogP contribution in [0.25, 0.3) is 0 Å². The number of hydrogen-bond donors (Lipinski definition) is 6. The van der Waals surface area contributed by atoms with E-state index in [1.807, 2.05) is 0 Å². The molecule has 4 unspecified atom stereocenters. The van der Waals surface area contributed by atoms with Gasteiger partial charge in [0.15, 0.2) is 0 Å². The van der Waals surface area contributed by atoms with Crippen molar-refractivity contribution in [3.8, 4) is 0 Å². The number of ether oxygens (including phenoxy) is 1. The van der Waals surface area contributed by atoms with Gasteiger partial charge in [-0.15, -0.1) is 0 Å². The highest BCUT2D eigenvalue weighted by molar-refractivity contribution is 9.10. The second kappa shape index (κ2) is 8.93. The monoisotopic (exact) mass is 545 g/mol. The molecule has 1 aliphatic rings. The molecule has 1 saturated heterocycles. The van der Waals surface area contributed by atoms with Gasteiger partial charge >= 0.3 is 29.2 Å². The van der Waals surface area contributed by atoms with E-state index in [1.165, 1.54) is 6.20 Å². The fourth-order valence-electron chi connectivity index (χ4n) is 2.17. The number of nitrogens with two attached hydrogens (primary N) is 1. The van der Waals surface area contributed by atoms with Crippen molar-refractivity contribution in [3.05, 3.63) is 21.2 Å². The Labute approximate surface area is 169 Å². The molecule has 0 saturated carbocycles. The van der Waals surface area contributed by atoms with E-state index in [-0.39, 0.29) is 16.7 Å². The zero-order valence-electron chi connectivity index (χ0n) is 13.9. The van der Waals surface area contributed by atoms with Gasteiger partial charge < -0.3 is 35.2 Å². The molecule has 0 spiro atoms. The number of aromatic nitrogens is 2. The second-order valence-electron chi connectivity index (χ2n) is 5.48. The van der Waals surface area contributed by atoms with Crippen molar-refractivity contribution >= 4 is 45.2 Å². The summed E-state index contributed by atoms with van der Waals surface area (Å²) in [5.41, 5.74) is 4.68. The van der Waals surface area contributed by atoms with E-state index in [9.17, 15) is 28.5 Å². The molecule has 2 rings (SSSR count). The summed E-state index contributed by atoms with van der Waals surface area (Å²) in [4.78, 5) is 50.8. The average molecular weight is 546 g/mol.